The van der Waals surface area contributed by atoms with Crippen LogP contribution in [0.5, 0.6) is 0 Å². The summed E-state index contributed by atoms with van der Waals surface area (Å²) in [4.78, 5) is 0. The molecule has 1 aromatic rings. The fourth-order valence-electron chi connectivity index (χ4n) is 1.44. The summed E-state index contributed by atoms with van der Waals surface area (Å²) in [6.07, 6.45) is -4.71. The monoisotopic (exact) mass is 311 g/mol. The molecule has 1 N–H and O–H groups in total. The van der Waals surface area contributed by atoms with Gasteiger partial charge in [-0.15, -0.1) is 4.72 Å². The molecule has 0 bridgehead atoms. The van der Waals surface area contributed by atoms with E-state index in [9.17, 15) is 22.1 Å². The zero-order valence-corrected chi connectivity index (χ0v) is 12.5. The Morgan fingerprint density at radius 3 is 2.15 bits per heavy atom. The van der Waals surface area contributed by atoms with Crippen LogP contribution in [-0.2, 0) is 17.5 Å². The van der Waals surface area contributed by atoms with Crippen LogP contribution in [0.15, 0.2) is 18.2 Å². The van der Waals surface area contributed by atoms with Gasteiger partial charge in [-0.25, -0.2) is 4.39 Å². The summed E-state index contributed by atoms with van der Waals surface area (Å²) in [5, 5.41) is 0. The highest BCUT2D eigenvalue weighted by Gasteiger charge is 2.34. The molecule has 0 aromatic heterocycles. The van der Waals surface area contributed by atoms with Gasteiger partial charge in [0.1, 0.15) is 10.6 Å². The third kappa shape index (κ3) is 4.36. The Balaban J connectivity index is 2.91. The van der Waals surface area contributed by atoms with Gasteiger partial charge in [-0.05, 0) is 45.4 Å². The Kier molecular flexibility index (Phi) is 5.10. The van der Waals surface area contributed by atoms with Crippen LogP contribution in [0.25, 0.3) is 0 Å². The van der Waals surface area contributed by atoms with E-state index in [0.29, 0.717) is 11.6 Å². The van der Waals surface area contributed by atoms with Crippen molar-refractivity contribution in [1.82, 2.24) is 4.72 Å². The summed E-state index contributed by atoms with van der Waals surface area (Å²) in [6, 6.07) is 2.18. The van der Waals surface area contributed by atoms with Gasteiger partial charge in [0.25, 0.3) is 0 Å². The van der Waals surface area contributed by atoms with Gasteiger partial charge < -0.3 is 4.55 Å². The van der Waals surface area contributed by atoms with Crippen LogP contribution in [0, 0.1) is 5.82 Å². The molecule has 7 heteroatoms. The molecule has 0 saturated heterocycles. The van der Waals surface area contributed by atoms with Crippen LogP contribution in [-0.4, -0.2) is 9.30 Å². The van der Waals surface area contributed by atoms with Gasteiger partial charge in [-0.2, -0.15) is 13.2 Å². The van der Waals surface area contributed by atoms with Crippen LogP contribution in [0.1, 0.15) is 44.9 Å². The first-order chi connectivity index (χ1) is 8.93. The topological polar surface area (TPSA) is 35.1 Å². The second kappa shape index (κ2) is 5.91. The lowest BCUT2D eigenvalue weighted by molar-refractivity contribution is -0.140. The van der Waals surface area contributed by atoms with Crippen molar-refractivity contribution in [2.75, 3.05) is 0 Å². The first kappa shape index (κ1) is 17.3. The summed E-state index contributed by atoms with van der Waals surface area (Å²) in [7, 11) is 0. The van der Waals surface area contributed by atoms with Crippen LogP contribution < -0.4 is 4.72 Å². The summed E-state index contributed by atoms with van der Waals surface area (Å²) in [5.41, 5.74) is -0.988. The molecule has 0 aliphatic carbocycles. The van der Waals surface area contributed by atoms with Crippen molar-refractivity contribution < 1.29 is 22.1 Å². The van der Waals surface area contributed by atoms with Crippen molar-refractivity contribution in [3.63, 3.8) is 0 Å². The number of nitrogens with one attached hydrogen (secondary N) is 1. The van der Waals surface area contributed by atoms with Crippen molar-refractivity contribution >= 4 is 11.4 Å². The third-order valence-corrected chi connectivity index (χ3v) is 4.32. The highest BCUT2D eigenvalue weighted by atomic mass is 32.2. The van der Waals surface area contributed by atoms with E-state index in [0.717, 1.165) is 6.07 Å². The predicted molar refractivity (Wildman–Crippen MR) is 70.8 cm³/mol. The summed E-state index contributed by atoms with van der Waals surface area (Å²) in [6.45, 7) is 6.90. The van der Waals surface area contributed by atoms with E-state index in [1.54, 1.807) is 27.7 Å². The second-order valence-electron chi connectivity index (χ2n) is 5.46. The van der Waals surface area contributed by atoms with Gasteiger partial charge in [0.05, 0.1) is 11.6 Å². The van der Waals surface area contributed by atoms with E-state index in [1.807, 2.05) is 0 Å². The molecular formula is C13H17F4NOS. The number of benzene rings is 1. The van der Waals surface area contributed by atoms with Crippen LogP contribution >= 0.6 is 0 Å². The van der Waals surface area contributed by atoms with E-state index >= 15 is 0 Å². The quantitative estimate of drug-likeness (QED) is 0.677. The molecule has 20 heavy (non-hydrogen) atoms. The molecular weight excluding hydrogens is 294 g/mol. The van der Waals surface area contributed by atoms with Crippen molar-refractivity contribution in [3.05, 3.63) is 35.1 Å². The van der Waals surface area contributed by atoms with Crippen LogP contribution in [0.4, 0.5) is 17.6 Å². The average Bonchev–Trinajstić information content (AvgIpc) is 2.25. The summed E-state index contributed by atoms with van der Waals surface area (Å²) < 4.78 is 64.9. The van der Waals surface area contributed by atoms with Crippen molar-refractivity contribution in [1.29, 1.82) is 0 Å². The van der Waals surface area contributed by atoms with Crippen molar-refractivity contribution in [2.45, 2.75) is 44.7 Å². The Labute approximate surface area is 118 Å². The Morgan fingerprint density at radius 1 is 1.20 bits per heavy atom. The second-order valence-corrected chi connectivity index (χ2v) is 7.46. The molecule has 0 saturated carbocycles. The standard InChI is InChI=1S/C13H17F4NOS/c1-8(18-20(19)12(2,3)4)9-5-6-10(11(14)7-9)13(15,16)17/h5-8,18H,1-4H3. The zero-order valence-electron chi connectivity index (χ0n) is 11.6. The lowest BCUT2D eigenvalue weighted by atomic mass is 10.1. The molecule has 0 aliphatic rings. The van der Waals surface area contributed by atoms with Gasteiger partial charge in [0, 0.05) is 11.4 Å². The van der Waals surface area contributed by atoms with Crippen molar-refractivity contribution in [2.24, 2.45) is 0 Å². The molecule has 2 unspecified atom stereocenters. The fourth-order valence-corrected chi connectivity index (χ4v) is 2.25. The van der Waals surface area contributed by atoms with Crippen LogP contribution in [0.3, 0.4) is 0 Å². The van der Waals surface area contributed by atoms with Gasteiger partial charge in [-0.3, -0.25) is 0 Å². The van der Waals surface area contributed by atoms with Crippen LogP contribution in [0.2, 0.25) is 0 Å². The number of rotatable bonds is 3. The molecule has 1 rings (SSSR count). The molecule has 0 aliphatic heterocycles. The molecule has 114 valence electrons. The van der Waals surface area contributed by atoms with E-state index in [2.05, 4.69) is 4.72 Å². The Bertz CT molecular complexity index is 470. The minimum absolute atomic E-state index is 0.313. The highest BCUT2D eigenvalue weighted by Crippen LogP contribution is 2.32. The van der Waals surface area contributed by atoms with E-state index in [4.69, 9.17) is 0 Å². The van der Waals surface area contributed by atoms with E-state index in [-0.39, 0.29) is 0 Å². The maximum absolute atomic E-state index is 13.5. The average molecular weight is 311 g/mol. The number of alkyl halides is 3. The molecule has 0 amide bonds. The number of hydrogen-bond acceptors (Lipinski definition) is 2. The van der Waals surface area contributed by atoms with Gasteiger partial charge in [0.15, 0.2) is 0 Å². The Hall–Kier alpha value is -0.790. The molecule has 0 heterocycles. The minimum Gasteiger partial charge on any atom is -0.598 e. The first-order valence-electron chi connectivity index (χ1n) is 5.97. The van der Waals surface area contributed by atoms with E-state index < -0.39 is 39.7 Å². The minimum atomic E-state index is -4.71. The third-order valence-electron chi connectivity index (χ3n) is 2.64. The fraction of sp³-hybridized carbons (Fsp3) is 0.538. The summed E-state index contributed by atoms with van der Waals surface area (Å²) >= 11 is -1.39. The molecule has 0 radical (unpaired) electrons. The Morgan fingerprint density at radius 2 is 1.75 bits per heavy atom. The number of hydrogen-bond donors (Lipinski definition) is 1. The lowest BCUT2D eigenvalue weighted by Gasteiger charge is -2.26. The van der Waals surface area contributed by atoms with Gasteiger partial charge >= 0.3 is 6.18 Å². The highest BCUT2D eigenvalue weighted by molar-refractivity contribution is 7.90. The molecule has 2 nitrogen and oxygen atoms in total. The molecule has 1 aromatic carbocycles. The first-order valence-corrected chi connectivity index (χ1v) is 7.12. The normalized spacial score (nSPS) is 16.1. The predicted octanol–water partition coefficient (Wildman–Crippen LogP) is 3.96. The van der Waals surface area contributed by atoms with E-state index in [1.165, 1.54) is 6.07 Å². The molecule has 2 atom stereocenters. The molecule has 0 spiro atoms. The number of halogens is 4. The van der Waals surface area contributed by atoms with Crippen molar-refractivity contribution in [3.8, 4) is 0 Å². The zero-order chi connectivity index (χ0) is 15.7. The molecule has 0 fully saturated rings. The van der Waals surface area contributed by atoms with Gasteiger partial charge in [0.2, 0.25) is 0 Å². The maximum Gasteiger partial charge on any atom is 0.419 e. The maximum atomic E-state index is 13.5. The SMILES string of the molecule is CC(N[S+]([O-])C(C)(C)C)c1ccc(C(F)(F)F)c(F)c1. The lowest BCUT2D eigenvalue weighted by Crippen LogP contribution is -2.40. The summed E-state index contributed by atoms with van der Waals surface area (Å²) in [5.74, 6) is -1.33. The smallest absolute Gasteiger partial charge is 0.419 e. The largest absolute Gasteiger partial charge is 0.598 e. The van der Waals surface area contributed by atoms with Gasteiger partial charge in [-0.1, -0.05) is 6.07 Å².